The van der Waals surface area contributed by atoms with Gasteiger partial charge in [0.25, 0.3) is 0 Å². The Labute approximate surface area is 171 Å². The monoisotopic (exact) mass is 400 g/mol. The van der Waals surface area contributed by atoms with Crippen molar-refractivity contribution in [1.29, 1.82) is 0 Å². The van der Waals surface area contributed by atoms with E-state index < -0.39 is 37.3 Å². The number of rotatable bonds is 4. The van der Waals surface area contributed by atoms with Crippen LogP contribution in [0.25, 0.3) is 0 Å². The van der Waals surface area contributed by atoms with Gasteiger partial charge in [0, 0.05) is 5.56 Å². The lowest BCUT2D eigenvalue weighted by molar-refractivity contribution is -0.283. The molecule has 2 fully saturated rings. The van der Waals surface area contributed by atoms with Crippen LogP contribution in [0.2, 0.25) is 0 Å². The molecule has 2 aromatic rings. The van der Waals surface area contributed by atoms with E-state index in [1.165, 1.54) is 0 Å². The van der Waals surface area contributed by atoms with Gasteiger partial charge in [-0.2, -0.15) is 0 Å². The van der Waals surface area contributed by atoms with Crippen molar-refractivity contribution in [3.63, 3.8) is 0 Å². The predicted octanol–water partition coefficient (Wildman–Crippen LogP) is 2.60. The third-order valence-electron chi connectivity index (χ3n) is 5.53. The minimum Gasteiger partial charge on any atom is -0.394 e. The number of aryl methyl sites for hydroxylation is 2. The van der Waals surface area contributed by atoms with Gasteiger partial charge in [0.15, 0.2) is 6.29 Å². The molecule has 4 rings (SSSR count). The molecule has 6 heteroatoms. The molecular weight excluding hydrogens is 372 g/mol. The van der Waals surface area contributed by atoms with Crippen molar-refractivity contribution < 1.29 is 29.2 Å². The van der Waals surface area contributed by atoms with Crippen molar-refractivity contribution in [3.05, 3.63) is 70.8 Å². The first-order valence-corrected chi connectivity index (χ1v) is 10.0. The normalized spacial score (nSPS) is 31.0. The summed E-state index contributed by atoms with van der Waals surface area (Å²) in [7, 11) is 0. The highest BCUT2D eigenvalue weighted by atomic mass is 16.7. The molecule has 2 heterocycles. The average Bonchev–Trinajstić information content (AvgIpc) is 2.94. The van der Waals surface area contributed by atoms with Gasteiger partial charge in [-0.15, -0.1) is 0 Å². The van der Waals surface area contributed by atoms with E-state index >= 15 is 0 Å². The smallest absolute Gasteiger partial charge is 0.184 e. The van der Waals surface area contributed by atoms with E-state index in [4.69, 9.17) is 18.9 Å². The maximum atomic E-state index is 10.5. The third-order valence-corrected chi connectivity index (χ3v) is 5.53. The van der Waals surface area contributed by atoms with Crippen LogP contribution >= 0.6 is 0 Å². The Hall–Kier alpha value is -1.80. The van der Waals surface area contributed by atoms with Crippen molar-refractivity contribution in [2.75, 3.05) is 19.8 Å². The molecule has 2 aromatic carbocycles. The molecule has 0 radical (unpaired) electrons. The fourth-order valence-corrected chi connectivity index (χ4v) is 3.76. The van der Waals surface area contributed by atoms with Crippen LogP contribution in [-0.2, 0) is 18.9 Å². The Morgan fingerprint density at radius 1 is 0.862 bits per heavy atom. The zero-order valence-corrected chi connectivity index (χ0v) is 16.7. The lowest BCUT2D eigenvalue weighted by Crippen LogP contribution is -2.52. The molecule has 2 saturated heterocycles. The standard InChI is InChI=1S/C23H28O6/c1-14-3-7-16(8-4-14)19-12-26-20-13-27-23(17-9-5-15(2)6-10-17)29-22(20)21(28-19)18(25)11-24/h3-10,18-25H,11-13H2,1-2H3. The number of hydrogen-bond donors (Lipinski definition) is 2. The van der Waals surface area contributed by atoms with Crippen molar-refractivity contribution in [2.24, 2.45) is 0 Å². The summed E-state index contributed by atoms with van der Waals surface area (Å²) in [6, 6.07) is 15.9. The van der Waals surface area contributed by atoms with Crippen LogP contribution in [0, 0.1) is 13.8 Å². The number of aliphatic hydroxyl groups excluding tert-OH is 2. The van der Waals surface area contributed by atoms with Gasteiger partial charge in [-0.25, -0.2) is 0 Å². The van der Waals surface area contributed by atoms with Crippen LogP contribution in [0.4, 0.5) is 0 Å². The lowest BCUT2D eigenvalue weighted by atomic mass is 10.0. The van der Waals surface area contributed by atoms with Crippen molar-refractivity contribution in [2.45, 2.75) is 50.7 Å². The van der Waals surface area contributed by atoms with Gasteiger partial charge < -0.3 is 29.2 Å². The maximum absolute atomic E-state index is 10.5. The number of aliphatic hydroxyl groups is 2. The second-order valence-corrected chi connectivity index (χ2v) is 7.80. The topological polar surface area (TPSA) is 77.4 Å². The second kappa shape index (κ2) is 8.92. The molecule has 2 N–H and O–H groups in total. The van der Waals surface area contributed by atoms with Crippen molar-refractivity contribution in [1.82, 2.24) is 0 Å². The first kappa shape index (κ1) is 20.5. The molecule has 2 aliphatic heterocycles. The van der Waals surface area contributed by atoms with Gasteiger partial charge in [-0.3, -0.25) is 0 Å². The largest absolute Gasteiger partial charge is 0.394 e. The molecule has 29 heavy (non-hydrogen) atoms. The molecule has 0 aliphatic carbocycles. The van der Waals surface area contributed by atoms with Crippen LogP contribution in [0.3, 0.4) is 0 Å². The highest BCUT2D eigenvalue weighted by molar-refractivity contribution is 5.24. The SMILES string of the molecule is Cc1ccc(C2COC3COC(c4ccc(C)cc4)OC3C(C(O)CO)O2)cc1. The molecular formula is C23H28O6. The van der Waals surface area contributed by atoms with Gasteiger partial charge in [-0.05, 0) is 19.4 Å². The minimum absolute atomic E-state index is 0.320. The summed E-state index contributed by atoms with van der Waals surface area (Å²) in [5, 5.41) is 20.1. The average molecular weight is 400 g/mol. The minimum atomic E-state index is -1.09. The molecule has 2 aliphatic rings. The molecule has 0 bridgehead atoms. The number of hydrogen-bond acceptors (Lipinski definition) is 6. The molecule has 0 aromatic heterocycles. The molecule has 0 saturated carbocycles. The number of benzene rings is 2. The zero-order chi connectivity index (χ0) is 20.4. The maximum Gasteiger partial charge on any atom is 0.184 e. The van der Waals surface area contributed by atoms with Crippen LogP contribution in [0.15, 0.2) is 48.5 Å². The molecule has 6 nitrogen and oxygen atoms in total. The van der Waals surface area contributed by atoms with Crippen LogP contribution in [0.5, 0.6) is 0 Å². The van der Waals surface area contributed by atoms with Gasteiger partial charge in [0.2, 0.25) is 0 Å². The van der Waals surface area contributed by atoms with Crippen LogP contribution in [-0.4, -0.2) is 54.4 Å². The summed E-state index contributed by atoms with van der Waals surface area (Å²) in [5.74, 6) is 0. The molecule has 6 atom stereocenters. The van der Waals surface area contributed by atoms with Gasteiger partial charge in [-0.1, -0.05) is 59.7 Å². The summed E-state index contributed by atoms with van der Waals surface area (Å²) in [6.45, 7) is 4.27. The Bertz CT molecular complexity index is 790. The van der Waals surface area contributed by atoms with Crippen LogP contribution in [0.1, 0.15) is 34.6 Å². The summed E-state index contributed by atoms with van der Waals surface area (Å²) in [6.07, 6.45) is -3.72. The second-order valence-electron chi connectivity index (χ2n) is 7.80. The molecule has 156 valence electrons. The fourth-order valence-electron chi connectivity index (χ4n) is 3.76. The summed E-state index contributed by atoms with van der Waals surface area (Å²) in [5.41, 5.74) is 4.16. The Kier molecular flexibility index (Phi) is 6.29. The van der Waals surface area contributed by atoms with Gasteiger partial charge >= 0.3 is 0 Å². The van der Waals surface area contributed by atoms with Crippen molar-refractivity contribution >= 4 is 0 Å². The quantitative estimate of drug-likeness (QED) is 0.822. The Morgan fingerprint density at radius 3 is 2.10 bits per heavy atom. The van der Waals surface area contributed by atoms with E-state index in [-0.39, 0.29) is 6.10 Å². The first-order chi connectivity index (χ1) is 14.0. The van der Waals surface area contributed by atoms with E-state index in [0.717, 1.165) is 22.3 Å². The Morgan fingerprint density at radius 2 is 1.48 bits per heavy atom. The fraction of sp³-hybridized carbons (Fsp3) is 0.478. The zero-order valence-electron chi connectivity index (χ0n) is 16.7. The van der Waals surface area contributed by atoms with E-state index in [1.807, 2.05) is 62.4 Å². The molecule has 6 unspecified atom stereocenters. The highest BCUT2D eigenvalue weighted by Crippen LogP contribution is 2.36. The van der Waals surface area contributed by atoms with E-state index in [1.54, 1.807) is 0 Å². The number of ether oxygens (including phenoxy) is 4. The molecule has 0 spiro atoms. The van der Waals surface area contributed by atoms with Crippen molar-refractivity contribution in [3.8, 4) is 0 Å². The van der Waals surface area contributed by atoms with Gasteiger partial charge in [0.1, 0.15) is 30.5 Å². The van der Waals surface area contributed by atoms with Gasteiger partial charge in [0.05, 0.1) is 19.8 Å². The van der Waals surface area contributed by atoms with E-state index in [2.05, 4.69) is 0 Å². The van der Waals surface area contributed by atoms with Crippen LogP contribution < -0.4 is 0 Å². The summed E-state index contributed by atoms with van der Waals surface area (Å²) < 4.78 is 24.4. The predicted molar refractivity (Wildman–Crippen MR) is 106 cm³/mol. The summed E-state index contributed by atoms with van der Waals surface area (Å²) in [4.78, 5) is 0. The van der Waals surface area contributed by atoms with E-state index in [9.17, 15) is 10.2 Å². The number of fused-ring (bicyclic) bond motifs is 1. The third kappa shape index (κ3) is 4.53. The molecule has 0 amide bonds. The lowest BCUT2D eigenvalue weighted by Gasteiger charge is -2.39. The van der Waals surface area contributed by atoms with E-state index in [0.29, 0.717) is 13.2 Å². The first-order valence-electron chi connectivity index (χ1n) is 10.0. The Balaban J connectivity index is 1.57. The summed E-state index contributed by atoms with van der Waals surface area (Å²) >= 11 is 0. The highest BCUT2D eigenvalue weighted by Gasteiger charge is 2.45.